The standard InChI is InChI=1S/C55H57N9O6/c65-50-35-63(27-13-19-36-15-3-1-4-16-36)55(70)49-25-14-28-64(49)54(69)48(32-40-20-11-12-26-56-40)62-53(68)47(31-39-34-58-44-24-10-8-22-42(39)44)61-51(66)45(29-37-17-5-2-6-18-37)60-52(67)46(59-50)30-38-33-57-43-23-9-7-21-41(38)43/h1-12,15-18,20-24,26,33-34,45-49,57-58H,13-14,19,25,27-32,35H2,(H,59,65)(H,60,67)(H,61,66)(H,62,68)/t45-,46+,47+,48+,49-/m1/s1. The number of carbonyl (C=O) groups excluding carboxylic acids is 6. The van der Waals surface area contributed by atoms with Crippen LogP contribution >= 0.6 is 0 Å². The molecule has 9 rings (SSSR count). The predicted octanol–water partition coefficient (Wildman–Crippen LogP) is 4.72. The molecule has 6 amide bonds. The second kappa shape index (κ2) is 21.9. The molecule has 5 heterocycles. The van der Waals surface area contributed by atoms with Crippen molar-refractivity contribution in [2.75, 3.05) is 19.6 Å². The minimum absolute atomic E-state index is 0.00424. The molecule has 0 saturated carbocycles. The van der Waals surface area contributed by atoms with Crippen LogP contribution in [-0.2, 0) is 60.9 Å². The van der Waals surface area contributed by atoms with E-state index in [1.807, 2.05) is 109 Å². The van der Waals surface area contributed by atoms with Gasteiger partial charge in [0.25, 0.3) is 0 Å². The van der Waals surface area contributed by atoms with Crippen LogP contribution in [0.5, 0.6) is 0 Å². The summed E-state index contributed by atoms with van der Waals surface area (Å²) in [6.07, 6.45) is 7.35. The normalized spacial score (nSPS) is 20.9. The molecular weight excluding hydrogens is 883 g/mol. The number of fused-ring (bicyclic) bond motifs is 3. The summed E-state index contributed by atoms with van der Waals surface area (Å²) in [7, 11) is 0. The monoisotopic (exact) mass is 939 g/mol. The van der Waals surface area contributed by atoms with E-state index in [4.69, 9.17) is 0 Å². The quantitative estimate of drug-likeness (QED) is 0.102. The van der Waals surface area contributed by atoms with Crippen LogP contribution in [0.3, 0.4) is 0 Å². The number of rotatable bonds is 12. The first-order chi connectivity index (χ1) is 34.2. The van der Waals surface area contributed by atoms with Crippen molar-refractivity contribution < 1.29 is 28.8 Å². The molecule has 0 spiro atoms. The largest absolute Gasteiger partial charge is 0.361 e. The summed E-state index contributed by atoms with van der Waals surface area (Å²) in [5.41, 5.74) is 5.53. The number of nitrogens with one attached hydrogen (secondary N) is 6. The highest BCUT2D eigenvalue weighted by Gasteiger charge is 2.41. The van der Waals surface area contributed by atoms with Crippen LogP contribution in [-0.4, -0.2) is 110 Å². The molecule has 2 fully saturated rings. The molecule has 6 N–H and O–H groups in total. The highest BCUT2D eigenvalue weighted by Crippen LogP contribution is 2.24. The van der Waals surface area contributed by atoms with Crippen LogP contribution in [0.15, 0.2) is 146 Å². The van der Waals surface area contributed by atoms with E-state index < -0.39 is 65.7 Å². The summed E-state index contributed by atoms with van der Waals surface area (Å²) in [6, 6.07) is 33.8. The second-order valence-electron chi connectivity index (χ2n) is 18.2. The molecule has 15 nitrogen and oxygen atoms in total. The van der Waals surface area contributed by atoms with Crippen molar-refractivity contribution in [2.45, 2.75) is 81.6 Å². The number of aryl methyl sites for hydroxylation is 1. The zero-order chi connectivity index (χ0) is 48.4. The molecule has 4 aromatic carbocycles. The zero-order valence-corrected chi connectivity index (χ0v) is 38.8. The molecule has 0 aliphatic carbocycles. The van der Waals surface area contributed by atoms with E-state index in [-0.39, 0.29) is 45.3 Å². The third-order valence-corrected chi connectivity index (χ3v) is 13.4. The average molecular weight is 940 g/mol. The van der Waals surface area contributed by atoms with Crippen LogP contribution in [0.25, 0.3) is 21.8 Å². The summed E-state index contributed by atoms with van der Waals surface area (Å²) in [6.45, 7) is 0.0563. The Balaban J connectivity index is 1.11. The van der Waals surface area contributed by atoms with Gasteiger partial charge in [-0.05, 0) is 72.2 Å². The highest BCUT2D eigenvalue weighted by molar-refractivity contribution is 5.99. The van der Waals surface area contributed by atoms with Crippen molar-refractivity contribution in [3.63, 3.8) is 0 Å². The number of para-hydroxylation sites is 2. The minimum Gasteiger partial charge on any atom is -0.361 e. The molecule has 5 atom stereocenters. The first kappa shape index (κ1) is 47.0. The Morgan fingerprint density at radius 2 is 1.07 bits per heavy atom. The SMILES string of the molecule is O=C1CN(CCCc2ccccc2)C(=O)[C@H]2CCCN2C(=O)[C@H](Cc2ccccn2)NC(=O)[C@H](Cc2c[nH]c3ccccc23)NC(=O)[C@@H](Cc2ccccc2)NC(=O)[C@H](Cc2c[nH]c3ccccc23)N1. The fourth-order valence-electron chi connectivity index (χ4n) is 9.76. The van der Waals surface area contributed by atoms with Gasteiger partial charge in [0.2, 0.25) is 35.4 Å². The van der Waals surface area contributed by atoms with Gasteiger partial charge < -0.3 is 41.0 Å². The first-order valence-electron chi connectivity index (χ1n) is 24.0. The van der Waals surface area contributed by atoms with Gasteiger partial charge >= 0.3 is 0 Å². The van der Waals surface area contributed by atoms with Gasteiger partial charge in [0, 0.05) is 84.9 Å². The van der Waals surface area contributed by atoms with Gasteiger partial charge in [-0.1, -0.05) is 103 Å². The zero-order valence-electron chi connectivity index (χ0n) is 38.8. The van der Waals surface area contributed by atoms with Gasteiger partial charge in [-0.2, -0.15) is 0 Å². The Hall–Kier alpha value is -8.07. The topological polar surface area (TPSA) is 201 Å². The molecule has 7 aromatic rings. The van der Waals surface area contributed by atoms with Gasteiger partial charge in [-0.15, -0.1) is 0 Å². The minimum atomic E-state index is -1.24. The smallest absolute Gasteiger partial charge is 0.246 e. The maximum atomic E-state index is 15.0. The van der Waals surface area contributed by atoms with E-state index in [0.717, 1.165) is 44.1 Å². The summed E-state index contributed by atoms with van der Waals surface area (Å²) >= 11 is 0. The molecular formula is C55H57N9O6. The summed E-state index contributed by atoms with van der Waals surface area (Å²) in [5, 5.41) is 13.6. The molecule has 3 aromatic heterocycles. The molecule has 0 unspecified atom stereocenters. The second-order valence-corrected chi connectivity index (χ2v) is 18.2. The van der Waals surface area contributed by atoms with Gasteiger partial charge in [0.1, 0.15) is 30.2 Å². The van der Waals surface area contributed by atoms with Crippen LogP contribution in [0.4, 0.5) is 0 Å². The number of H-pyrrole nitrogens is 2. The third kappa shape index (κ3) is 11.3. The maximum absolute atomic E-state index is 15.0. The Bertz CT molecular complexity index is 2960. The molecule has 2 aliphatic rings. The number of pyridine rings is 1. The molecule has 0 radical (unpaired) electrons. The Labute approximate surface area is 405 Å². The van der Waals surface area contributed by atoms with Crippen molar-refractivity contribution in [3.8, 4) is 0 Å². The molecule has 15 heteroatoms. The van der Waals surface area contributed by atoms with Crippen LogP contribution in [0, 0.1) is 0 Å². The number of amides is 6. The molecule has 2 saturated heterocycles. The van der Waals surface area contributed by atoms with E-state index in [1.54, 1.807) is 36.8 Å². The van der Waals surface area contributed by atoms with Crippen molar-refractivity contribution >= 4 is 57.2 Å². The molecule has 2 aliphatic heterocycles. The van der Waals surface area contributed by atoms with E-state index >= 15 is 4.79 Å². The Morgan fingerprint density at radius 3 is 1.69 bits per heavy atom. The van der Waals surface area contributed by atoms with Crippen molar-refractivity contribution in [1.82, 2.24) is 46.0 Å². The van der Waals surface area contributed by atoms with E-state index in [2.05, 4.69) is 36.2 Å². The lowest BCUT2D eigenvalue weighted by atomic mass is 10.00. The van der Waals surface area contributed by atoms with Gasteiger partial charge in [0.05, 0.1) is 6.54 Å². The molecule has 358 valence electrons. The van der Waals surface area contributed by atoms with Crippen molar-refractivity contribution in [3.05, 3.63) is 174 Å². The van der Waals surface area contributed by atoms with Crippen LogP contribution < -0.4 is 21.3 Å². The number of hydrogen-bond acceptors (Lipinski definition) is 7. The number of benzene rings is 4. The molecule has 70 heavy (non-hydrogen) atoms. The Morgan fingerprint density at radius 1 is 0.529 bits per heavy atom. The number of aromatic nitrogens is 3. The van der Waals surface area contributed by atoms with Crippen LogP contribution in [0.1, 0.15) is 47.2 Å². The molecule has 0 bridgehead atoms. The van der Waals surface area contributed by atoms with E-state index in [1.165, 1.54) is 9.80 Å². The number of aromatic amines is 2. The van der Waals surface area contributed by atoms with Crippen molar-refractivity contribution in [1.29, 1.82) is 0 Å². The highest BCUT2D eigenvalue weighted by atomic mass is 16.2. The predicted molar refractivity (Wildman–Crippen MR) is 266 cm³/mol. The summed E-state index contributed by atoms with van der Waals surface area (Å²) in [5.74, 6) is -3.35. The van der Waals surface area contributed by atoms with Gasteiger partial charge in [0.15, 0.2) is 0 Å². The summed E-state index contributed by atoms with van der Waals surface area (Å²) < 4.78 is 0. The third-order valence-electron chi connectivity index (χ3n) is 13.4. The van der Waals surface area contributed by atoms with E-state index in [9.17, 15) is 24.0 Å². The van der Waals surface area contributed by atoms with Gasteiger partial charge in [-0.25, -0.2) is 0 Å². The van der Waals surface area contributed by atoms with E-state index in [0.29, 0.717) is 31.4 Å². The van der Waals surface area contributed by atoms with Gasteiger partial charge in [-0.3, -0.25) is 33.8 Å². The summed E-state index contributed by atoms with van der Waals surface area (Å²) in [4.78, 5) is 103. The van der Waals surface area contributed by atoms with Crippen molar-refractivity contribution in [2.24, 2.45) is 0 Å². The first-order valence-corrected chi connectivity index (χ1v) is 24.0. The number of hydrogen-bond donors (Lipinski definition) is 6. The lowest BCUT2D eigenvalue weighted by molar-refractivity contribution is -0.147. The average Bonchev–Trinajstić information content (AvgIpc) is 4.15. The Kier molecular flexibility index (Phi) is 14.7. The van der Waals surface area contributed by atoms with Crippen LogP contribution in [0.2, 0.25) is 0 Å². The lowest BCUT2D eigenvalue weighted by Crippen LogP contribution is -2.61. The fraction of sp³-hybridized carbons (Fsp3) is 0.291. The number of carbonyl (C=O) groups is 6. The number of nitrogens with zero attached hydrogens (tertiary/aromatic N) is 3. The fourth-order valence-corrected chi connectivity index (χ4v) is 9.76. The lowest BCUT2D eigenvalue weighted by Gasteiger charge is -2.33. The maximum Gasteiger partial charge on any atom is 0.246 e.